The van der Waals surface area contributed by atoms with Gasteiger partial charge in [0.2, 0.25) is 5.91 Å². The monoisotopic (exact) mass is 219 g/mol. The number of nitrogens with one attached hydrogen (secondary N) is 1. The third-order valence-corrected chi connectivity index (χ3v) is 2.63. The number of likely N-dealkylation sites (N-methyl/N-ethyl adjacent to an activating group) is 1. The number of carbonyl (C=O) groups excluding carboxylic acids is 2. The number of benzene rings is 1. The van der Waals surface area contributed by atoms with E-state index in [9.17, 15) is 9.59 Å². The highest BCUT2D eigenvalue weighted by Crippen LogP contribution is 2.24. The van der Waals surface area contributed by atoms with Gasteiger partial charge in [0.15, 0.2) is 0 Å². The SMILES string of the molecule is CNC(=O)CN1Cc2ccc(N)cc2C1=O. The predicted octanol–water partition coefficient (Wildman–Crippen LogP) is -0.0294. The zero-order chi connectivity index (χ0) is 11.7. The summed E-state index contributed by atoms with van der Waals surface area (Å²) in [5.41, 5.74) is 7.70. The van der Waals surface area contributed by atoms with Crippen LogP contribution in [0.15, 0.2) is 18.2 Å². The summed E-state index contributed by atoms with van der Waals surface area (Å²) >= 11 is 0. The maximum atomic E-state index is 11.9. The highest BCUT2D eigenvalue weighted by Gasteiger charge is 2.28. The van der Waals surface area contributed by atoms with Crippen LogP contribution >= 0.6 is 0 Å². The highest BCUT2D eigenvalue weighted by molar-refractivity contribution is 6.00. The van der Waals surface area contributed by atoms with Crippen molar-refractivity contribution in [3.63, 3.8) is 0 Å². The molecule has 5 heteroatoms. The van der Waals surface area contributed by atoms with Crippen LogP contribution in [-0.2, 0) is 11.3 Å². The van der Waals surface area contributed by atoms with Crippen LogP contribution in [0.3, 0.4) is 0 Å². The molecule has 0 radical (unpaired) electrons. The van der Waals surface area contributed by atoms with Gasteiger partial charge in [0.1, 0.15) is 6.54 Å². The van der Waals surface area contributed by atoms with Gasteiger partial charge in [0, 0.05) is 24.8 Å². The fourth-order valence-corrected chi connectivity index (χ4v) is 1.76. The Labute approximate surface area is 93.2 Å². The second-order valence-corrected chi connectivity index (χ2v) is 3.75. The molecule has 0 unspecified atom stereocenters. The number of rotatable bonds is 2. The van der Waals surface area contributed by atoms with Gasteiger partial charge in [-0.05, 0) is 17.7 Å². The summed E-state index contributed by atoms with van der Waals surface area (Å²) in [5, 5.41) is 2.49. The van der Waals surface area contributed by atoms with Crippen LogP contribution in [0.2, 0.25) is 0 Å². The molecule has 0 spiro atoms. The van der Waals surface area contributed by atoms with E-state index in [1.807, 2.05) is 6.07 Å². The molecular weight excluding hydrogens is 206 g/mol. The van der Waals surface area contributed by atoms with Crippen molar-refractivity contribution >= 4 is 17.5 Å². The van der Waals surface area contributed by atoms with Gasteiger partial charge >= 0.3 is 0 Å². The van der Waals surface area contributed by atoms with Crippen molar-refractivity contribution in [3.05, 3.63) is 29.3 Å². The Hall–Kier alpha value is -2.04. The molecular formula is C11H13N3O2. The van der Waals surface area contributed by atoms with Gasteiger partial charge in [-0.3, -0.25) is 9.59 Å². The lowest BCUT2D eigenvalue weighted by Gasteiger charge is -2.13. The molecule has 1 aromatic rings. The van der Waals surface area contributed by atoms with E-state index in [2.05, 4.69) is 5.32 Å². The maximum Gasteiger partial charge on any atom is 0.255 e. The fourth-order valence-electron chi connectivity index (χ4n) is 1.76. The maximum absolute atomic E-state index is 11.9. The number of hydrogen-bond acceptors (Lipinski definition) is 3. The smallest absolute Gasteiger partial charge is 0.255 e. The average molecular weight is 219 g/mol. The number of nitrogen functional groups attached to an aromatic ring is 1. The van der Waals surface area contributed by atoms with Crippen LogP contribution in [0.25, 0.3) is 0 Å². The minimum absolute atomic E-state index is 0.0872. The van der Waals surface area contributed by atoms with Crippen LogP contribution in [0.4, 0.5) is 5.69 Å². The standard InChI is InChI=1S/C11H13N3O2/c1-13-10(15)6-14-5-7-2-3-8(12)4-9(7)11(14)16/h2-4H,5-6,12H2,1H3,(H,13,15). The summed E-state index contributed by atoms with van der Waals surface area (Å²) in [6.45, 7) is 0.561. The normalized spacial score (nSPS) is 13.8. The molecule has 1 aromatic carbocycles. The average Bonchev–Trinajstić information content (AvgIpc) is 2.56. The Balaban J connectivity index is 2.21. The number of hydrogen-bond donors (Lipinski definition) is 2. The van der Waals surface area contributed by atoms with Gasteiger partial charge in [-0.2, -0.15) is 0 Å². The second kappa shape index (κ2) is 3.84. The quantitative estimate of drug-likeness (QED) is 0.686. The van der Waals surface area contributed by atoms with Gasteiger partial charge < -0.3 is 16.0 Å². The van der Waals surface area contributed by atoms with Crippen LogP contribution in [0.5, 0.6) is 0 Å². The van der Waals surface area contributed by atoms with E-state index in [1.165, 1.54) is 4.90 Å². The van der Waals surface area contributed by atoms with Crippen molar-refractivity contribution < 1.29 is 9.59 Å². The molecule has 0 fully saturated rings. The van der Waals surface area contributed by atoms with Crippen molar-refractivity contribution in [1.29, 1.82) is 0 Å². The van der Waals surface area contributed by atoms with Crippen molar-refractivity contribution in [2.75, 3.05) is 19.3 Å². The summed E-state index contributed by atoms with van der Waals surface area (Å²) < 4.78 is 0. The largest absolute Gasteiger partial charge is 0.399 e. The summed E-state index contributed by atoms with van der Waals surface area (Å²) in [7, 11) is 1.55. The summed E-state index contributed by atoms with van der Waals surface area (Å²) in [5.74, 6) is -0.306. The van der Waals surface area contributed by atoms with Gasteiger partial charge in [0.05, 0.1) is 0 Å². The lowest BCUT2D eigenvalue weighted by molar-refractivity contribution is -0.121. The molecule has 84 valence electrons. The van der Waals surface area contributed by atoms with Gasteiger partial charge in [-0.1, -0.05) is 6.07 Å². The van der Waals surface area contributed by atoms with Crippen molar-refractivity contribution in [2.45, 2.75) is 6.54 Å². The predicted molar refractivity (Wildman–Crippen MR) is 59.7 cm³/mol. The molecule has 0 saturated heterocycles. The molecule has 1 aliphatic heterocycles. The van der Waals surface area contributed by atoms with Gasteiger partial charge in [0.25, 0.3) is 5.91 Å². The number of anilines is 1. The third kappa shape index (κ3) is 1.71. The van der Waals surface area contributed by atoms with Gasteiger partial charge in [-0.25, -0.2) is 0 Å². The van der Waals surface area contributed by atoms with Crippen molar-refractivity contribution in [3.8, 4) is 0 Å². The molecule has 16 heavy (non-hydrogen) atoms. The van der Waals surface area contributed by atoms with E-state index in [4.69, 9.17) is 5.73 Å². The Morgan fingerprint density at radius 1 is 1.56 bits per heavy atom. The second-order valence-electron chi connectivity index (χ2n) is 3.75. The molecule has 0 bridgehead atoms. The Kier molecular flexibility index (Phi) is 2.52. The first-order valence-corrected chi connectivity index (χ1v) is 5.00. The lowest BCUT2D eigenvalue weighted by atomic mass is 10.1. The zero-order valence-corrected chi connectivity index (χ0v) is 8.99. The van der Waals surface area contributed by atoms with E-state index >= 15 is 0 Å². The van der Waals surface area contributed by atoms with E-state index in [-0.39, 0.29) is 18.4 Å². The van der Waals surface area contributed by atoms with Gasteiger partial charge in [-0.15, -0.1) is 0 Å². The highest BCUT2D eigenvalue weighted by atomic mass is 16.2. The lowest BCUT2D eigenvalue weighted by Crippen LogP contribution is -2.35. The minimum atomic E-state index is -0.172. The first-order valence-electron chi connectivity index (χ1n) is 5.00. The molecule has 0 aromatic heterocycles. The van der Waals surface area contributed by atoms with Crippen molar-refractivity contribution in [1.82, 2.24) is 10.2 Å². The number of carbonyl (C=O) groups is 2. The van der Waals surface area contributed by atoms with E-state index in [0.717, 1.165) is 5.56 Å². The summed E-state index contributed by atoms with van der Waals surface area (Å²) in [4.78, 5) is 24.6. The molecule has 1 aliphatic rings. The molecule has 1 heterocycles. The molecule has 5 nitrogen and oxygen atoms in total. The van der Waals surface area contributed by atoms with Crippen LogP contribution in [0, 0.1) is 0 Å². The number of amides is 2. The molecule has 2 rings (SSSR count). The summed E-state index contributed by atoms with van der Waals surface area (Å²) in [6, 6.07) is 5.24. The minimum Gasteiger partial charge on any atom is -0.399 e. The first-order chi connectivity index (χ1) is 7.61. The molecule has 0 saturated carbocycles. The topological polar surface area (TPSA) is 75.4 Å². The zero-order valence-electron chi connectivity index (χ0n) is 8.99. The molecule has 0 atom stereocenters. The van der Waals surface area contributed by atoms with Crippen LogP contribution < -0.4 is 11.1 Å². The summed E-state index contributed by atoms with van der Waals surface area (Å²) in [6.07, 6.45) is 0. The molecule has 0 aliphatic carbocycles. The Bertz CT molecular complexity index is 457. The molecule has 3 N–H and O–H groups in total. The van der Waals surface area contributed by atoms with Crippen molar-refractivity contribution in [2.24, 2.45) is 0 Å². The van der Waals surface area contributed by atoms with E-state index in [1.54, 1.807) is 19.2 Å². The first kappa shape index (κ1) is 10.5. The Morgan fingerprint density at radius 2 is 2.31 bits per heavy atom. The van der Waals surface area contributed by atoms with Crippen LogP contribution in [0.1, 0.15) is 15.9 Å². The van der Waals surface area contributed by atoms with Crippen LogP contribution in [-0.4, -0.2) is 30.3 Å². The van der Waals surface area contributed by atoms with E-state index in [0.29, 0.717) is 17.8 Å². The van der Waals surface area contributed by atoms with E-state index < -0.39 is 0 Å². The Morgan fingerprint density at radius 3 is 3.00 bits per heavy atom. The third-order valence-electron chi connectivity index (χ3n) is 2.63. The fraction of sp³-hybridized carbons (Fsp3) is 0.273. The number of fused-ring (bicyclic) bond motifs is 1. The number of nitrogens with zero attached hydrogens (tertiary/aromatic N) is 1. The molecule has 2 amide bonds. The number of nitrogens with two attached hydrogens (primary N) is 1.